The quantitative estimate of drug-likeness (QED) is 0.804. The zero-order chi connectivity index (χ0) is 10.8. The molecule has 3 nitrogen and oxygen atoms in total. The summed E-state index contributed by atoms with van der Waals surface area (Å²) in [5.74, 6) is -0.150. The molecule has 1 atom stereocenters. The van der Waals surface area contributed by atoms with Gasteiger partial charge in [0.1, 0.15) is 0 Å². The third-order valence-corrected chi connectivity index (χ3v) is 2.88. The molecule has 1 aliphatic heterocycles. The number of carboxylic acids is 1. The van der Waals surface area contributed by atoms with E-state index in [1.165, 1.54) is 6.42 Å². The van der Waals surface area contributed by atoms with E-state index in [-0.39, 0.29) is 0 Å². The summed E-state index contributed by atoms with van der Waals surface area (Å²) in [6, 6.07) is 7.16. The van der Waals surface area contributed by atoms with Gasteiger partial charge in [0.2, 0.25) is 0 Å². The van der Waals surface area contributed by atoms with E-state index in [1.807, 2.05) is 12.1 Å². The molecule has 3 heteroatoms. The van der Waals surface area contributed by atoms with Crippen molar-refractivity contribution in [1.82, 2.24) is 0 Å². The van der Waals surface area contributed by atoms with E-state index in [4.69, 9.17) is 5.11 Å². The molecule has 1 aromatic rings. The van der Waals surface area contributed by atoms with E-state index in [1.54, 1.807) is 12.1 Å². The number of rotatable bonds is 2. The lowest BCUT2D eigenvalue weighted by Crippen LogP contribution is -2.19. The maximum Gasteiger partial charge on any atom is 0.335 e. The number of hydrogen-bond donors (Lipinski definition) is 1. The fourth-order valence-electron chi connectivity index (χ4n) is 2.01. The van der Waals surface area contributed by atoms with Gasteiger partial charge in [-0.2, -0.15) is 0 Å². The molecule has 0 spiro atoms. The number of carbonyl (C=O) groups is 1. The standard InChI is InChI=1S/C12H15NO2/c1-9-5-6-13(8-9)11-4-2-3-10(7-11)12(14)15/h2-4,7,9H,5-6,8H2,1H3,(H,14,15). The van der Waals surface area contributed by atoms with E-state index in [9.17, 15) is 4.79 Å². The molecule has 1 aliphatic rings. The lowest BCUT2D eigenvalue weighted by Gasteiger charge is -2.18. The summed E-state index contributed by atoms with van der Waals surface area (Å²) in [6.45, 7) is 4.29. The fraction of sp³-hybridized carbons (Fsp3) is 0.417. The molecule has 80 valence electrons. The smallest absolute Gasteiger partial charge is 0.335 e. The zero-order valence-corrected chi connectivity index (χ0v) is 8.81. The van der Waals surface area contributed by atoms with Crippen molar-refractivity contribution < 1.29 is 9.90 Å². The topological polar surface area (TPSA) is 40.5 Å². The summed E-state index contributed by atoms with van der Waals surface area (Å²) in [6.07, 6.45) is 1.19. The Morgan fingerprint density at radius 1 is 1.53 bits per heavy atom. The molecular formula is C12H15NO2. The Hall–Kier alpha value is -1.51. The van der Waals surface area contributed by atoms with Crippen LogP contribution in [-0.2, 0) is 0 Å². The number of carboxylic acid groups (broad SMARTS) is 1. The average Bonchev–Trinajstić information content (AvgIpc) is 2.65. The first-order valence-electron chi connectivity index (χ1n) is 5.25. The van der Waals surface area contributed by atoms with E-state index < -0.39 is 5.97 Å². The van der Waals surface area contributed by atoms with Gasteiger partial charge in [-0.1, -0.05) is 13.0 Å². The number of nitrogens with zero attached hydrogens (tertiary/aromatic N) is 1. The molecule has 1 fully saturated rings. The van der Waals surface area contributed by atoms with Crippen LogP contribution >= 0.6 is 0 Å². The van der Waals surface area contributed by atoms with Crippen LogP contribution in [0.25, 0.3) is 0 Å². The molecule has 0 radical (unpaired) electrons. The van der Waals surface area contributed by atoms with Gasteiger partial charge in [0.15, 0.2) is 0 Å². The lowest BCUT2D eigenvalue weighted by atomic mass is 10.2. The second kappa shape index (κ2) is 3.93. The van der Waals surface area contributed by atoms with Crippen molar-refractivity contribution >= 4 is 11.7 Å². The van der Waals surface area contributed by atoms with Gasteiger partial charge in [-0.3, -0.25) is 0 Å². The number of hydrogen-bond acceptors (Lipinski definition) is 2. The molecule has 0 aromatic heterocycles. The summed E-state index contributed by atoms with van der Waals surface area (Å²) >= 11 is 0. The van der Waals surface area contributed by atoms with Crippen LogP contribution in [-0.4, -0.2) is 24.2 Å². The largest absolute Gasteiger partial charge is 0.478 e. The van der Waals surface area contributed by atoms with E-state index in [2.05, 4.69) is 11.8 Å². The Bertz CT molecular complexity index is 376. The van der Waals surface area contributed by atoms with Gasteiger partial charge >= 0.3 is 5.97 Å². The van der Waals surface area contributed by atoms with Crippen molar-refractivity contribution in [2.45, 2.75) is 13.3 Å². The van der Waals surface area contributed by atoms with Gasteiger partial charge in [-0.25, -0.2) is 4.79 Å². The van der Waals surface area contributed by atoms with Crippen molar-refractivity contribution in [1.29, 1.82) is 0 Å². The predicted molar refractivity (Wildman–Crippen MR) is 59.4 cm³/mol. The number of aromatic carboxylic acids is 1. The van der Waals surface area contributed by atoms with Crippen molar-refractivity contribution in [3.63, 3.8) is 0 Å². The van der Waals surface area contributed by atoms with Crippen LogP contribution < -0.4 is 4.90 Å². The Labute approximate surface area is 89.3 Å². The third-order valence-electron chi connectivity index (χ3n) is 2.88. The van der Waals surface area contributed by atoms with Crippen molar-refractivity contribution in [3.05, 3.63) is 29.8 Å². The van der Waals surface area contributed by atoms with Crippen LogP contribution in [0.1, 0.15) is 23.7 Å². The number of benzene rings is 1. The second-order valence-corrected chi connectivity index (χ2v) is 4.20. The molecular weight excluding hydrogens is 190 g/mol. The molecule has 1 aromatic carbocycles. The first-order chi connectivity index (χ1) is 7.16. The summed E-state index contributed by atoms with van der Waals surface area (Å²) in [5, 5.41) is 8.89. The van der Waals surface area contributed by atoms with Crippen LogP contribution in [0.3, 0.4) is 0 Å². The van der Waals surface area contributed by atoms with Gasteiger partial charge in [0.05, 0.1) is 5.56 Å². The zero-order valence-electron chi connectivity index (χ0n) is 8.81. The Balaban J connectivity index is 2.21. The van der Waals surface area contributed by atoms with Crippen LogP contribution in [0.2, 0.25) is 0 Å². The van der Waals surface area contributed by atoms with Gasteiger partial charge in [-0.15, -0.1) is 0 Å². The summed E-state index contributed by atoms with van der Waals surface area (Å²) in [5.41, 5.74) is 1.39. The normalized spacial score (nSPS) is 20.6. The average molecular weight is 205 g/mol. The van der Waals surface area contributed by atoms with Crippen molar-refractivity contribution in [2.24, 2.45) is 5.92 Å². The lowest BCUT2D eigenvalue weighted by molar-refractivity contribution is 0.0697. The number of anilines is 1. The minimum atomic E-state index is -0.857. The Morgan fingerprint density at radius 3 is 2.93 bits per heavy atom. The highest BCUT2D eigenvalue weighted by molar-refractivity contribution is 5.88. The molecule has 0 bridgehead atoms. The summed E-state index contributed by atoms with van der Waals surface area (Å²) in [7, 11) is 0. The van der Waals surface area contributed by atoms with Crippen LogP contribution in [0, 0.1) is 5.92 Å². The summed E-state index contributed by atoms with van der Waals surface area (Å²) < 4.78 is 0. The Kier molecular flexibility index (Phi) is 2.62. The van der Waals surface area contributed by atoms with Crippen LogP contribution in [0.5, 0.6) is 0 Å². The highest BCUT2D eigenvalue weighted by atomic mass is 16.4. The van der Waals surface area contributed by atoms with E-state index in [0.717, 1.165) is 18.8 Å². The predicted octanol–water partition coefficient (Wildman–Crippen LogP) is 2.23. The SMILES string of the molecule is CC1CCN(c2cccc(C(=O)O)c2)C1. The first-order valence-corrected chi connectivity index (χ1v) is 5.25. The van der Waals surface area contributed by atoms with E-state index in [0.29, 0.717) is 11.5 Å². The third kappa shape index (κ3) is 2.12. The second-order valence-electron chi connectivity index (χ2n) is 4.20. The van der Waals surface area contributed by atoms with Gasteiger partial charge in [0, 0.05) is 18.8 Å². The maximum absolute atomic E-state index is 10.8. The van der Waals surface area contributed by atoms with Crippen LogP contribution in [0.15, 0.2) is 24.3 Å². The Morgan fingerprint density at radius 2 is 2.33 bits per heavy atom. The van der Waals surface area contributed by atoms with Gasteiger partial charge in [0.25, 0.3) is 0 Å². The monoisotopic (exact) mass is 205 g/mol. The summed E-state index contributed by atoms with van der Waals surface area (Å²) in [4.78, 5) is 13.1. The van der Waals surface area contributed by atoms with Crippen molar-refractivity contribution in [2.75, 3.05) is 18.0 Å². The molecule has 1 unspecified atom stereocenters. The maximum atomic E-state index is 10.8. The highest BCUT2D eigenvalue weighted by Crippen LogP contribution is 2.24. The molecule has 0 amide bonds. The minimum Gasteiger partial charge on any atom is -0.478 e. The molecule has 2 rings (SSSR count). The first kappa shape index (κ1) is 10.0. The molecule has 0 saturated carbocycles. The molecule has 1 heterocycles. The molecule has 15 heavy (non-hydrogen) atoms. The molecule has 0 aliphatic carbocycles. The van der Waals surface area contributed by atoms with Crippen LogP contribution in [0.4, 0.5) is 5.69 Å². The van der Waals surface area contributed by atoms with Gasteiger partial charge in [-0.05, 0) is 30.5 Å². The van der Waals surface area contributed by atoms with E-state index >= 15 is 0 Å². The van der Waals surface area contributed by atoms with Gasteiger partial charge < -0.3 is 10.0 Å². The molecule has 1 N–H and O–H groups in total. The molecule has 1 saturated heterocycles. The fourth-order valence-corrected chi connectivity index (χ4v) is 2.01. The minimum absolute atomic E-state index is 0.368. The van der Waals surface area contributed by atoms with Crippen molar-refractivity contribution in [3.8, 4) is 0 Å². The highest BCUT2D eigenvalue weighted by Gasteiger charge is 2.19.